The summed E-state index contributed by atoms with van der Waals surface area (Å²) in [6.07, 6.45) is -2.65. The first-order valence-electron chi connectivity index (χ1n) is 8.05. The molecule has 1 aromatic rings. The summed E-state index contributed by atoms with van der Waals surface area (Å²) >= 11 is 0. The monoisotopic (exact) mass is 361 g/mol. The van der Waals surface area contributed by atoms with Crippen molar-refractivity contribution in [3.05, 3.63) is 35.4 Å². The van der Waals surface area contributed by atoms with Gasteiger partial charge in [-0.05, 0) is 24.1 Å². The summed E-state index contributed by atoms with van der Waals surface area (Å²) in [5.74, 6) is -2.17. The predicted octanol–water partition coefficient (Wildman–Crippen LogP) is 3.28. The van der Waals surface area contributed by atoms with Crippen LogP contribution in [0.25, 0.3) is 0 Å². The van der Waals surface area contributed by atoms with E-state index < -0.39 is 35.8 Å². The van der Waals surface area contributed by atoms with E-state index in [2.05, 4.69) is 5.32 Å². The fourth-order valence-corrected chi connectivity index (χ4v) is 2.29. The number of nitrogens with one attached hydrogen (secondary N) is 1. The van der Waals surface area contributed by atoms with Crippen LogP contribution in [0.4, 0.5) is 13.2 Å². The molecule has 0 saturated heterocycles. The molecule has 0 heterocycles. The highest BCUT2D eigenvalue weighted by Gasteiger charge is 2.31. The molecule has 1 aromatic carbocycles. The molecule has 0 bridgehead atoms. The van der Waals surface area contributed by atoms with Gasteiger partial charge >= 0.3 is 12.1 Å². The summed E-state index contributed by atoms with van der Waals surface area (Å²) in [4.78, 5) is 23.2. The number of alkyl halides is 3. The molecule has 0 saturated carbocycles. The first kappa shape index (κ1) is 21.0. The zero-order chi connectivity index (χ0) is 19.0. The Balaban J connectivity index is 2.68. The number of aliphatic hydroxyl groups is 1. The molecule has 8 heteroatoms. The van der Waals surface area contributed by atoms with Crippen molar-refractivity contribution in [3.63, 3.8) is 0 Å². The number of amides is 1. The van der Waals surface area contributed by atoms with Gasteiger partial charge in [0.25, 0.3) is 5.91 Å². The Morgan fingerprint density at radius 1 is 1.12 bits per heavy atom. The number of halogens is 3. The maximum atomic E-state index is 12.5. The molecule has 0 aromatic heterocycles. The number of benzene rings is 1. The molecule has 1 rings (SSSR count). The second-order valence-corrected chi connectivity index (χ2v) is 5.77. The van der Waals surface area contributed by atoms with Crippen LogP contribution in [0.2, 0.25) is 0 Å². The number of aliphatic carboxylic acids is 1. The van der Waals surface area contributed by atoms with E-state index in [0.29, 0.717) is 6.42 Å². The molecule has 0 radical (unpaired) electrons. The van der Waals surface area contributed by atoms with Crippen LogP contribution in [0.3, 0.4) is 0 Å². The lowest BCUT2D eigenvalue weighted by molar-refractivity contribution is -0.143. The van der Waals surface area contributed by atoms with Crippen LogP contribution in [0.5, 0.6) is 0 Å². The lowest BCUT2D eigenvalue weighted by Crippen LogP contribution is -2.43. The van der Waals surface area contributed by atoms with Gasteiger partial charge in [0.15, 0.2) is 6.10 Å². The smallest absolute Gasteiger partial charge is 0.416 e. The molecule has 0 fully saturated rings. The normalized spacial score (nSPS) is 14.0. The third-order valence-electron chi connectivity index (χ3n) is 3.76. The maximum Gasteiger partial charge on any atom is 0.416 e. The molecule has 0 spiro atoms. The summed E-state index contributed by atoms with van der Waals surface area (Å²) in [5, 5.41) is 21.3. The van der Waals surface area contributed by atoms with Gasteiger partial charge in [-0.3, -0.25) is 4.79 Å². The van der Waals surface area contributed by atoms with Crippen LogP contribution in [-0.2, 0) is 15.8 Å². The van der Waals surface area contributed by atoms with Crippen molar-refractivity contribution in [2.24, 2.45) is 0 Å². The highest BCUT2D eigenvalue weighted by atomic mass is 19.4. The Hall–Kier alpha value is -2.09. The van der Waals surface area contributed by atoms with Gasteiger partial charge in [-0.1, -0.05) is 44.7 Å². The largest absolute Gasteiger partial charge is 0.480 e. The van der Waals surface area contributed by atoms with Gasteiger partial charge in [0, 0.05) is 0 Å². The standard InChI is InChI=1S/C17H22F3NO4/c1-2-3-4-5-6-13(16(24)25)21-15(23)14(22)11-7-9-12(10-8-11)17(18,19)20/h7-10,13-14,22H,2-6H2,1H3,(H,21,23)(H,24,25)/t13-,14+/m0/s1. The van der Waals surface area contributed by atoms with Crippen LogP contribution in [0, 0.1) is 0 Å². The summed E-state index contributed by atoms with van der Waals surface area (Å²) < 4.78 is 37.5. The van der Waals surface area contributed by atoms with Crippen molar-refractivity contribution in [1.82, 2.24) is 5.32 Å². The predicted molar refractivity (Wildman–Crippen MR) is 84.7 cm³/mol. The molecular formula is C17H22F3NO4. The second-order valence-electron chi connectivity index (χ2n) is 5.77. The highest BCUT2D eigenvalue weighted by molar-refractivity contribution is 5.86. The topological polar surface area (TPSA) is 86.6 Å². The Labute approximate surface area is 143 Å². The number of carboxylic acids is 1. The fraction of sp³-hybridized carbons (Fsp3) is 0.529. The minimum atomic E-state index is -4.52. The van der Waals surface area contributed by atoms with E-state index in [1.807, 2.05) is 6.92 Å². The molecule has 25 heavy (non-hydrogen) atoms. The van der Waals surface area contributed by atoms with Gasteiger partial charge in [-0.15, -0.1) is 0 Å². The zero-order valence-corrected chi connectivity index (χ0v) is 13.8. The second kappa shape index (κ2) is 9.41. The number of hydrogen-bond acceptors (Lipinski definition) is 3. The SMILES string of the molecule is CCCCCC[C@H](NC(=O)[C@H](O)c1ccc(C(F)(F)F)cc1)C(=O)O. The van der Waals surface area contributed by atoms with Crippen LogP contribution < -0.4 is 5.32 Å². The van der Waals surface area contributed by atoms with Gasteiger partial charge in [-0.2, -0.15) is 13.2 Å². The first-order chi connectivity index (χ1) is 11.7. The van der Waals surface area contributed by atoms with Crippen molar-refractivity contribution in [3.8, 4) is 0 Å². The molecule has 1 amide bonds. The Kier molecular flexibility index (Phi) is 7.89. The quantitative estimate of drug-likeness (QED) is 0.589. The Morgan fingerprint density at radius 2 is 1.72 bits per heavy atom. The van der Waals surface area contributed by atoms with E-state index in [9.17, 15) is 27.9 Å². The van der Waals surface area contributed by atoms with Gasteiger partial charge < -0.3 is 15.5 Å². The average Bonchev–Trinajstić information content (AvgIpc) is 2.55. The lowest BCUT2D eigenvalue weighted by Gasteiger charge is -2.18. The molecular weight excluding hydrogens is 339 g/mol. The maximum absolute atomic E-state index is 12.5. The van der Waals surface area contributed by atoms with Crippen LogP contribution >= 0.6 is 0 Å². The van der Waals surface area contributed by atoms with E-state index in [4.69, 9.17) is 5.11 Å². The van der Waals surface area contributed by atoms with Gasteiger partial charge in [0.2, 0.25) is 0 Å². The number of carboxylic acid groups (broad SMARTS) is 1. The Morgan fingerprint density at radius 3 is 2.20 bits per heavy atom. The third-order valence-corrected chi connectivity index (χ3v) is 3.76. The molecule has 3 N–H and O–H groups in total. The highest BCUT2D eigenvalue weighted by Crippen LogP contribution is 2.30. The number of carbonyl (C=O) groups is 2. The van der Waals surface area contributed by atoms with Crippen molar-refractivity contribution in [1.29, 1.82) is 0 Å². The third kappa shape index (κ3) is 6.74. The number of carbonyl (C=O) groups excluding carboxylic acids is 1. The number of aliphatic hydroxyl groups excluding tert-OH is 1. The van der Waals surface area contributed by atoms with Crippen molar-refractivity contribution >= 4 is 11.9 Å². The van der Waals surface area contributed by atoms with E-state index in [1.54, 1.807) is 0 Å². The van der Waals surface area contributed by atoms with Gasteiger partial charge in [-0.25, -0.2) is 4.79 Å². The van der Waals surface area contributed by atoms with E-state index >= 15 is 0 Å². The van der Waals surface area contributed by atoms with Crippen LogP contribution in [-0.4, -0.2) is 28.1 Å². The van der Waals surface area contributed by atoms with Crippen molar-refractivity contribution < 1.29 is 33.0 Å². The molecule has 0 aliphatic heterocycles. The Bertz CT molecular complexity index is 572. The fourth-order valence-electron chi connectivity index (χ4n) is 2.29. The summed E-state index contributed by atoms with van der Waals surface area (Å²) in [7, 11) is 0. The average molecular weight is 361 g/mol. The van der Waals surface area contributed by atoms with Crippen molar-refractivity contribution in [2.75, 3.05) is 0 Å². The van der Waals surface area contributed by atoms with Crippen LogP contribution in [0.1, 0.15) is 56.3 Å². The van der Waals surface area contributed by atoms with Gasteiger partial charge in [0.1, 0.15) is 6.04 Å². The summed E-state index contributed by atoms with van der Waals surface area (Å²) in [6, 6.07) is 2.35. The molecule has 5 nitrogen and oxygen atoms in total. The first-order valence-corrected chi connectivity index (χ1v) is 8.05. The molecule has 0 aliphatic carbocycles. The van der Waals surface area contributed by atoms with E-state index in [1.165, 1.54) is 0 Å². The van der Waals surface area contributed by atoms with Gasteiger partial charge in [0.05, 0.1) is 5.56 Å². The molecule has 2 atom stereocenters. The van der Waals surface area contributed by atoms with E-state index in [-0.39, 0.29) is 12.0 Å². The lowest BCUT2D eigenvalue weighted by atomic mass is 10.0. The number of unbranched alkanes of at least 4 members (excludes halogenated alkanes) is 3. The van der Waals surface area contributed by atoms with E-state index in [0.717, 1.165) is 43.5 Å². The molecule has 0 unspecified atom stereocenters. The minimum absolute atomic E-state index is 0.0411. The molecule has 0 aliphatic rings. The van der Waals surface area contributed by atoms with Crippen LogP contribution in [0.15, 0.2) is 24.3 Å². The minimum Gasteiger partial charge on any atom is -0.480 e. The zero-order valence-electron chi connectivity index (χ0n) is 13.8. The molecule has 140 valence electrons. The number of rotatable bonds is 9. The number of hydrogen-bond donors (Lipinski definition) is 3. The van der Waals surface area contributed by atoms with Crippen molar-refractivity contribution in [2.45, 2.75) is 57.3 Å². The summed E-state index contributed by atoms with van der Waals surface area (Å²) in [5.41, 5.74) is -0.941. The summed E-state index contributed by atoms with van der Waals surface area (Å²) in [6.45, 7) is 2.01.